The van der Waals surface area contributed by atoms with Gasteiger partial charge in [-0.05, 0) is 31.0 Å². The van der Waals surface area contributed by atoms with Crippen LogP contribution in [0, 0.1) is 0 Å². The number of rotatable bonds is 6. The second-order valence-corrected chi connectivity index (χ2v) is 6.30. The highest BCUT2D eigenvalue weighted by molar-refractivity contribution is 6.04. The summed E-state index contributed by atoms with van der Waals surface area (Å²) in [4.78, 5) is 35.6. The molecule has 2 atom stereocenters. The Balaban J connectivity index is 1.85. The Morgan fingerprint density at radius 1 is 1.19 bits per heavy atom. The number of hydrogen-bond acceptors (Lipinski definition) is 4. The largest absolute Gasteiger partial charge is 0.481 e. The van der Waals surface area contributed by atoms with Gasteiger partial charge in [-0.3, -0.25) is 14.4 Å². The molecule has 3 rings (SSSR count). The molecule has 0 aliphatic carbocycles. The normalized spacial score (nSPS) is 16.5. The molecule has 2 aromatic rings. The van der Waals surface area contributed by atoms with Crippen LogP contribution in [0.15, 0.2) is 48.5 Å². The van der Waals surface area contributed by atoms with Gasteiger partial charge in [-0.2, -0.15) is 0 Å². The van der Waals surface area contributed by atoms with Crippen LogP contribution in [-0.2, 0) is 9.59 Å². The Bertz CT molecular complexity index is 866. The molecule has 1 heterocycles. The van der Waals surface area contributed by atoms with E-state index in [1.165, 1.54) is 0 Å². The molecule has 1 aliphatic heterocycles. The molecule has 3 N–H and O–H groups in total. The second kappa shape index (κ2) is 7.90. The Kier molecular flexibility index (Phi) is 5.40. The monoisotopic (exact) mass is 368 g/mol. The molecule has 2 unspecified atom stereocenters. The summed E-state index contributed by atoms with van der Waals surface area (Å²) in [6.07, 6.45) is -0.520. The van der Waals surface area contributed by atoms with Gasteiger partial charge in [0.1, 0.15) is 0 Å². The number of anilines is 1. The average Bonchev–Trinajstić information content (AvgIpc) is 2.66. The van der Waals surface area contributed by atoms with Crippen molar-refractivity contribution in [1.82, 2.24) is 5.32 Å². The van der Waals surface area contributed by atoms with Crippen LogP contribution in [0.3, 0.4) is 0 Å². The first-order valence-electron chi connectivity index (χ1n) is 8.64. The number of carboxylic acid groups (broad SMARTS) is 1. The lowest BCUT2D eigenvalue weighted by Gasteiger charge is -2.26. The first kappa shape index (κ1) is 18.4. The van der Waals surface area contributed by atoms with Gasteiger partial charge in [0, 0.05) is 6.42 Å². The quantitative estimate of drug-likeness (QED) is 0.727. The summed E-state index contributed by atoms with van der Waals surface area (Å²) in [6.45, 7) is 1.60. The highest BCUT2D eigenvalue weighted by Crippen LogP contribution is 2.33. The van der Waals surface area contributed by atoms with E-state index < -0.39 is 24.0 Å². The van der Waals surface area contributed by atoms with Gasteiger partial charge in [0.05, 0.1) is 17.3 Å². The predicted octanol–water partition coefficient (Wildman–Crippen LogP) is 2.74. The van der Waals surface area contributed by atoms with Crippen molar-refractivity contribution >= 4 is 23.5 Å². The maximum atomic E-state index is 12.9. The zero-order valence-electron chi connectivity index (χ0n) is 14.8. The Labute approximate surface area is 156 Å². The van der Waals surface area contributed by atoms with Crippen molar-refractivity contribution in [2.75, 3.05) is 5.32 Å². The number of amides is 2. The molecular weight excluding hydrogens is 348 g/mol. The molecule has 0 aromatic heterocycles. The van der Waals surface area contributed by atoms with Crippen LogP contribution in [0.5, 0.6) is 5.75 Å². The number of ether oxygens (including phenoxy) is 1. The fraction of sp³-hybridized carbons (Fsp3) is 0.250. The van der Waals surface area contributed by atoms with Gasteiger partial charge in [-0.1, -0.05) is 36.4 Å². The number of aliphatic carboxylic acids is 1. The third kappa shape index (κ3) is 4.25. The lowest BCUT2D eigenvalue weighted by atomic mass is 10.0. The van der Waals surface area contributed by atoms with Gasteiger partial charge in [0.25, 0.3) is 11.8 Å². The van der Waals surface area contributed by atoms with E-state index in [1.807, 2.05) is 30.3 Å². The molecule has 1 aliphatic rings. The number of para-hydroxylation sites is 1. The molecule has 27 heavy (non-hydrogen) atoms. The van der Waals surface area contributed by atoms with Crippen LogP contribution >= 0.6 is 0 Å². The van der Waals surface area contributed by atoms with Crippen molar-refractivity contribution in [3.05, 3.63) is 59.7 Å². The maximum absolute atomic E-state index is 12.9. The molecule has 0 spiro atoms. The van der Waals surface area contributed by atoms with E-state index in [4.69, 9.17) is 9.84 Å². The SMILES string of the molecule is CC1Oc2c(cccc2C(=O)NC(CCC(=O)O)c2ccccc2)NC1=O. The van der Waals surface area contributed by atoms with Crippen molar-refractivity contribution in [3.8, 4) is 5.75 Å². The Morgan fingerprint density at radius 3 is 2.63 bits per heavy atom. The van der Waals surface area contributed by atoms with Crippen LogP contribution < -0.4 is 15.4 Å². The molecule has 140 valence electrons. The molecule has 2 amide bonds. The van der Waals surface area contributed by atoms with Crippen LogP contribution in [0.2, 0.25) is 0 Å². The summed E-state index contributed by atoms with van der Waals surface area (Å²) < 4.78 is 5.61. The molecule has 0 bridgehead atoms. The number of carboxylic acids is 1. The Morgan fingerprint density at radius 2 is 1.93 bits per heavy atom. The van der Waals surface area contributed by atoms with E-state index >= 15 is 0 Å². The summed E-state index contributed by atoms with van der Waals surface area (Å²) in [5.74, 6) is -1.28. The highest BCUT2D eigenvalue weighted by atomic mass is 16.5. The zero-order valence-corrected chi connectivity index (χ0v) is 14.8. The van der Waals surface area contributed by atoms with Crippen LogP contribution in [0.25, 0.3) is 0 Å². The smallest absolute Gasteiger partial charge is 0.303 e. The fourth-order valence-corrected chi connectivity index (χ4v) is 2.92. The first-order valence-corrected chi connectivity index (χ1v) is 8.64. The highest BCUT2D eigenvalue weighted by Gasteiger charge is 2.28. The van der Waals surface area contributed by atoms with Gasteiger partial charge in [0.2, 0.25) is 0 Å². The first-order chi connectivity index (χ1) is 13.0. The summed E-state index contributed by atoms with van der Waals surface area (Å²) in [6, 6.07) is 13.7. The molecule has 0 fully saturated rings. The van der Waals surface area contributed by atoms with Gasteiger partial charge in [-0.15, -0.1) is 0 Å². The minimum Gasteiger partial charge on any atom is -0.481 e. The number of benzene rings is 2. The number of fused-ring (bicyclic) bond motifs is 1. The lowest BCUT2D eigenvalue weighted by Crippen LogP contribution is -2.36. The van der Waals surface area contributed by atoms with Crippen molar-refractivity contribution in [3.63, 3.8) is 0 Å². The summed E-state index contributed by atoms with van der Waals surface area (Å²) >= 11 is 0. The lowest BCUT2D eigenvalue weighted by molar-refractivity contribution is -0.137. The van der Waals surface area contributed by atoms with E-state index in [1.54, 1.807) is 25.1 Å². The minimum atomic E-state index is -0.929. The van der Waals surface area contributed by atoms with Crippen molar-refractivity contribution < 1.29 is 24.2 Å². The summed E-state index contributed by atoms with van der Waals surface area (Å²) in [7, 11) is 0. The maximum Gasteiger partial charge on any atom is 0.303 e. The van der Waals surface area contributed by atoms with Gasteiger partial charge in [0.15, 0.2) is 11.9 Å². The molecule has 7 nitrogen and oxygen atoms in total. The fourth-order valence-electron chi connectivity index (χ4n) is 2.92. The third-order valence-electron chi connectivity index (χ3n) is 4.34. The molecule has 7 heteroatoms. The zero-order chi connectivity index (χ0) is 19.4. The van der Waals surface area contributed by atoms with Crippen molar-refractivity contribution in [2.45, 2.75) is 31.9 Å². The van der Waals surface area contributed by atoms with E-state index in [0.717, 1.165) is 5.56 Å². The standard InChI is InChI=1S/C20H20N2O5/c1-12-19(25)22-16-9-5-8-14(18(16)27-12)20(26)21-15(10-11-17(23)24)13-6-3-2-4-7-13/h2-9,12,15H,10-11H2,1H3,(H,21,26)(H,22,25)(H,23,24). The van der Waals surface area contributed by atoms with Crippen molar-refractivity contribution in [1.29, 1.82) is 0 Å². The van der Waals surface area contributed by atoms with Gasteiger partial charge < -0.3 is 20.5 Å². The van der Waals surface area contributed by atoms with E-state index in [0.29, 0.717) is 11.4 Å². The van der Waals surface area contributed by atoms with Crippen LogP contribution in [-0.4, -0.2) is 29.0 Å². The van der Waals surface area contributed by atoms with Crippen LogP contribution in [0.1, 0.15) is 41.7 Å². The minimum absolute atomic E-state index is 0.0731. The van der Waals surface area contributed by atoms with Crippen LogP contribution in [0.4, 0.5) is 5.69 Å². The topological polar surface area (TPSA) is 105 Å². The summed E-state index contributed by atoms with van der Waals surface area (Å²) in [5.41, 5.74) is 1.54. The number of hydrogen-bond donors (Lipinski definition) is 3. The number of carbonyl (C=O) groups excluding carboxylic acids is 2. The van der Waals surface area contributed by atoms with E-state index in [-0.39, 0.29) is 24.3 Å². The Hall–Kier alpha value is -3.35. The molecular formula is C20H20N2O5. The summed E-state index contributed by atoms with van der Waals surface area (Å²) in [5, 5.41) is 14.6. The molecule has 2 aromatic carbocycles. The molecule has 0 saturated carbocycles. The average molecular weight is 368 g/mol. The van der Waals surface area contributed by atoms with Gasteiger partial charge in [-0.25, -0.2) is 0 Å². The number of carbonyl (C=O) groups is 3. The number of nitrogens with one attached hydrogen (secondary N) is 2. The van der Waals surface area contributed by atoms with E-state index in [9.17, 15) is 14.4 Å². The van der Waals surface area contributed by atoms with Crippen molar-refractivity contribution in [2.24, 2.45) is 0 Å². The predicted molar refractivity (Wildman–Crippen MR) is 98.7 cm³/mol. The second-order valence-electron chi connectivity index (χ2n) is 6.30. The van der Waals surface area contributed by atoms with Gasteiger partial charge >= 0.3 is 5.97 Å². The molecule has 0 saturated heterocycles. The van der Waals surface area contributed by atoms with E-state index in [2.05, 4.69) is 10.6 Å². The molecule has 0 radical (unpaired) electrons. The third-order valence-corrected chi connectivity index (χ3v) is 4.34.